The van der Waals surface area contributed by atoms with Crippen LogP contribution in [0.3, 0.4) is 0 Å². The molecule has 0 saturated carbocycles. The lowest BCUT2D eigenvalue weighted by Crippen LogP contribution is -2.46. The molecule has 1 aliphatic heterocycles. The van der Waals surface area contributed by atoms with Crippen molar-refractivity contribution in [2.24, 2.45) is 0 Å². The molecule has 1 saturated heterocycles. The predicted octanol–water partition coefficient (Wildman–Crippen LogP) is 1.71. The number of hydrogen-bond donors (Lipinski definition) is 0. The van der Waals surface area contributed by atoms with Gasteiger partial charge in [0.15, 0.2) is 0 Å². The van der Waals surface area contributed by atoms with E-state index in [1.807, 2.05) is 11.8 Å². The third kappa shape index (κ3) is 2.93. The largest absolute Gasteiger partial charge is 0.353 e. The Bertz CT molecular complexity index is 428. The van der Waals surface area contributed by atoms with Crippen LogP contribution in [0.15, 0.2) is 6.07 Å². The van der Waals surface area contributed by atoms with Gasteiger partial charge in [-0.1, -0.05) is 6.07 Å². The zero-order valence-electron chi connectivity index (χ0n) is 11.1. The summed E-state index contributed by atoms with van der Waals surface area (Å²) in [6.07, 6.45) is 0.929. The second-order valence-corrected chi connectivity index (χ2v) is 4.66. The molecule has 100 valence electrons. The van der Waals surface area contributed by atoms with Crippen LogP contribution in [0.2, 0.25) is 0 Å². The fourth-order valence-electron chi connectivity index (χ4n) is 2.19. The van der Waals surface area contributed by atoms with Crippen LogP contribution in [0.4, 0.5) is 5.82 Å². The first-order chi connectivity index (χ1) is 8.11. The molecule has 0 atom stereocenters. The van der Waals surface area contributed by atoms with Crippen molar-refractivity contribution in [2.75, 3.05) is 31.1 Å². The molecule has 2 heterocycles. The van der Waals surface area contributed by atoms with Crippen LogP contribution >= 0.6 is 12.4 Å². The quantitative estimate of drug-likeness (QED) is 0.767. The van der Waals surface area contributed by atoms with Gasteiger partial charge in [0.05, 0.1) is 0 Å². The molecule has 1 amide bonds. The molecule has 0 aliphatic carbocycles. The van der Waals surface area contributed by atoms with Gasteiger partial charge in [-0.3, -0.25) is 4.79 Å². The van der Waals surface area contributed by atoms with Crippen LogP contribution in [-0.4, -0.2) is 42.5 Å². The normalized spacial score (nSPS) is 15.3. The predicted molar refractivity (Wildman–Crippen MR) is 75.5 cm³/mol. The van der Waals surface area contributed by atoms with E-state index >= 15 is 0 Å². The first-order valence-corrected chi connectivity index (χ1v) is 6.01. The average Bonchev–Trinajstić information content (AvgIpc) is 2.34. The van der Waals surface area contributed by atoms with Gasteiger partial charge < -0.3 is 9.80 Å². The number of aromatic nitrogens is 1. The average molecular weight is 270 g/mol. The fraction of sp³-hybridized carbons (Fsp3) is 0.538. The summed E-state index contributed by atoms with van der Waals surface area (Å²) in [6.45, 7) is 9.55. The molecule has 4 nitrogen and oxygen atoms in total. The summed E-state index contributed by atoms with van der Waals surface area (Å²) in [5, 5.41) is 0. The molecule has 0 radical (unpaired) electrons. The molecule has 1 aromatic rings. The fourth-order valence-corrected chi connectivity index (χ4v) is 2.19. The Morgan fingerprint density at radius 1 is 1.11 bits per heavy atom. The number of carbonyl (C=O) groups excluding carboxylic acids is 1. The Hall–Kier alpha value is -1.29. The van der Waals surface area contributed by atoms with Crippen molar-refractivity contribution in [3.8, 4) is 0 Å². The number of nitrogens with zero attached hydrogens (tertiary/aromatic N) is 3. The molecule has 0 aromatic carbocycles. The van der Waals surface area contributed by atoms with Gasteiger partial charge in [-0.25, -0.2) is 4.98 Å². The Morgan fingerprint density at radius 2 is 1.72 bits per heavy atom. The monoisotopic (exact) mass is 269 g/mol. The SMILES string of the molecule is Cc1cc(C)c(N2CCN(C=O)CC2)nc1C.Cl. The van der Waals surface area contributed by atoms with Crippen LogP contribution < -0.4 is 4.90 Å². The summed E-state index contributed by atoms with van der Waals surface area (Å²) in [7, 11) is 0. The zero-order chi connectivity index (χ0) is 12.4. The molecular formula is C13H20ClN3O. The summed E-state index contributed by atoms with van der Waals surface area (Å²) in [5.41, 5.74) is 3.54. The van der Waals surface area contributed by atoms with E-state index in [0.717, 1.165) is 44.1 Å². The summed E-state index contributed by atoms with van der Waals surface area (Å²) in [6, 6.07) is 2.18. The highest BCUT2D eigenvalue weighted by Gasteiger charge is 2.18. The molecular weight excluding hydrogens is 250 g/mol. The molecule has 0 bridgehead atoms. The number of anilines is 1. The van der Waals surface area contributed by atoms with Gasteiger partial charge in [0, 0.05) is 31.9 Å². The highest BCUT2D eigenvalue weighted by Crippen LogP contribution is 2.21. The van der Waals surface area contributed by atoms with Crippen molar-refractivity contribution in [2.45, 2.75) is 20.8 Å². The van der Waals surface area contributed by atoms with Crippen LogP contribution in [0.25, 0.3) is 0 Å². The van der Waals surface area contributed by atoms with Gasteiger partial charge in [-0.05, 0) is 31.9 Å². The lowest BCUT2D eigenvalue weighted by molar-refractivity contribution is -0.118. The number of rotatable bonds is 2. The van der Waals surface area contributed by atoms with Gasteiger partial charge in [-0.2, -0.15) is 0 Å². The van der Waals surface area contributed by atoms with Gasteiger partial charge in [0.2, 0.25) is 6.41 Å². The van der Waals surface area contributed by atoms with E-state index in [1.54, 1.807) is 0 Å². The maximum absolute atomic E-state index is 10.7. The second-order valence-electron chi connectivity index (χ2n) is 4.66. The van der Waals surface area contributed by atoms with E-state index in [4.69, 9.17) is 0 Å². The number of amides is 1. The summed E-state index contributed by atoms with van der Waals surface area (Å²) in [4.78, 5) is 19.4. The number of piperazine rings is 1. The van der Waals surface area contributed by atoms with Crippen molar-refractivity contribution in [1.82, 2.24) is 9.88 Å². The van der Waals surface area contributed by atoms with Gasteiger partial charge in [0.25, 0.3) is 0 Å². The third-order valence-electron chi connectivity index (χ3n) is 3.39. The molecule has 2 rings (SSSR count). The standard InChI is InChI=1S/C13H19N3O.ClH/c1-10-8-11(2)13(14-12(10)3)16-6-4-15(9-17)5-7-16;/h8-9H,4-7H2,1-3H3;1H. The number of carbonyl (C=O) groups is 1. The van der Waals surface area contributed by atoms with E-state index in [2.05, 4.69) is 29.8 Å². The van der Waals surface area contributed by atoms with Crippen molar-refractivity contribution in [1.29, 1.82) is 0 Å². The zero-order valence-corrected chi connectivity index (χ0v) is 12.0. The topological polar surface area (TPSA) is 36.4 Å². The molecule has 0 spiro atoms. The van der Waals surface area contributed by atoms with Crippen LogP contribution in [0.1, 0.15) is 16.8 Å². The molecule has 5 heteroatoms. The van der Waals surface area contributed by atoms with Crippen molar-refractivity contribution < 1.29 is 4.79 Å². The number of pyridine rings is 1. The van der Waals surface area contributed by atoms with Gasteiger partial charge in [-0.15, -0.1) is 12.4 Å². The third-order valence-corrected chi connectivity index (χ3v) is 3.39. The van der Waals surface area contributed by atoms with Crippen LogP contribution in [0, 0.1) is 20.8 Å². The first-order valence-electron chi connectivity index (χ1n) is 6.01. The minimum absolute atomic E-state index is 0. The highest BCUT2D eigenvalue weighted by molar-refractivity contribution is 5.85. The van der Waals surface area contributed by atoms with Crippen LogP contribution in [0.5, 0.6) is 0 Å². The Kier molecular flexibility index (Phi) is 4.96. The van der Waals surface area contributed by atoms with Crippen molar-refractivity contribution in [3.63, 3.8) is 0 Å². The molecule has 0 N–H and O–H groups in total. The number of hydrogen-bond acceptors (Lipinski definition) is 3. The van der Waals surface area contributed by atoms with Gasteiger partial charge in [0.1, 0.15) is 5.82 Å². The second kappa shape index (κ2) is 6.05. The van der Waals surface area contributed by atoms with E-state index in [9.17, 15) is 4.79 Å². The molecule has 1 aliphatic rings. The summed E-state index contributed by atoms with van der Waals surface area (Å²) in [5.74, 6) is 1.07. The Morgan fingerprint density at radius 3 is 2.28 bits per heavy atom. The van der Waals surface area contributed by atoms with Crippen molar-refractivity contribution in [3.05, 3.63) is 22.9 Å². The van der Waals surface area contributed by atoms with E-state index < -0.39 is 0 Å². The molecule has 18 heavy (non-hydrogen) atoms. The summed E-state index contributed by atoms with van der Waals surface area (Å²) >= 11 is 0. The molecule has 1 aromatic heterocycles. The molecule has 1 fully saturated rings. The number of halogens is 1. The lowest BCUT2D eigenvalue weighted by atomic mass is 10.1. The van der Waals surface area contributed by atoms with Crippen LogP contribution in [-0.2, 0) is 4.79 Å². The van der Waals surface area contributed by atoms with E-state index in [1.165, 1.54) is 11.1 Å². The smallest absolute Gasteiger partial charge is 0.209 e. The molecule has 0 unspecified atom stereocenters. The highest BCUT2D eigenvalue weighted by atomic mass is 35.5. The summed E-state index contributed by atoms with van der Waals surface area (Å²) < 4.78 is 0. The number of aryl methyl sites for hydroxylation is 3. The Balaban J connectivity index is 0.00000162. The van der Waals surface area contributed by atoms with Gasteiger partial charge >= 0.3 is 0 Å². The Labute approximate surface area is 114 Å². The van der Waals surface area contributed by atoms with E-state index in [0.29, 0.717) is 0 Å². The minimum atomic E-state index is 0. The minimum Gasteiger partial charge on any atom is -0.353 e. The first kappa shape index (κ1) is 14.8. The maximum Gasteiger partial charge on any atom is 0.209 e. The maximum atomic E-state index is 10.7. The van der Waals surface area contributed by atoms with Crippen molar-refractivity contribution >= 4 is 24.6 Å². The van der Waals surface area contributed by atoms with E-state index in [-0.39, 0.29) is 12.4 Å². The lowest BCUT2D eigenvalue weighted by Gasteiger charge is -2.34.